The van der Waals surface area contributed by atoms with Crippen LogP contribution in [0.15, 0.2) is 53.8 Å². The second-order valence-corrected chi connectivity index (χ2v) is 8.77. The van der Waals surface area contributed by atoms with Gasteiger partial charge < -0.3 is 15.7 Å². The van der Waals surface area contributed by atoms with Gasteiger partial charge in [-0.2, -0.15) is 5.26 Å². The van der Waals surface area contributed by atoms with Gasteiger partial charge in [0.15, 0.2) is 0 Å². The number of hydrogen-bond acceptors (Lipinski definition) is 4. The minimum atomic E-state index is -0.796. The second-order valence-electron chi connectivity index (χ2n) is 8.77. The van der Waals surface area contributed by atoms with Crippen LogP contribution in [0.2, 0.25) is 0 Å². The molecule has 0 fully saturated rings. The number of aryl methyl sites for hydroxylation is 1. The average Bonchev–Trinajstić information content (AvgIpc) is 2.74. The van der Waals surface area contributed by atoms with Crippen molar-refractivity contribution in [2.75, 3.05) is 11.9 Å². The Morgan fingerprint density at radius 1 is 1.28 bits per heavy atom. The van der Waals surface area contributed by atoms with Crippen molar-refractivity contribution < 1.29 is 9.90 Å². The predicted octanol–water partition coefficient (Wildman–Crippen LogP) is 4.96. The van der Waals surface area contributed by atoms with Crippen molar-refractivity contribution in [2.45, 2.75) is 47.0 Å². The highest BCUT2D eigenvalue weighted by atomic mass is 16.4. The molecule has 32 heavy (non-hydrogen) atoms. The summed E-state index contributed by atoms with van der Waals surface area (Å²) in [6, 6.07) is 9.91. The maximum absolute atomic E-state index is 10.9. The van der Waals surface area contributed by atoms with E-state index in [0.29, 0.717) is 25.3 Å². The molecule has 2 rings (SSSR count). The molecule has 0 atom stereocenters. The Kier molecular flexibility index (Phi) is 8.96. The number of aliphatic imine (C=N–C) groups is 1. The monoisotopic (exact) mass is 433 g/mol. The quantitative estimate of drug-likeness (QED) is 0.235. The lowest BCUT2D eigenvalue weighted by atomic mass is 9.96. The first-order valence-electron chi connectivity index (χ1n) is 10.6. The zero-order valence-corrected chi connectivity index (χ0v) is 19.1. The number of anilines is 1. The fourth-order valence-electron chi connectivity index (χ4n) is 2.99. The highest BCUT2D eigenvalue weighted by Crippen LogP contribution is 2.28. The first-order valence-corrected chi connectivity index (χ1v) is 10.6. The van der Waals surface area contributed by atoms with E-state index in [-0.39, 0.29) is 11.8 Å². The molecule has 0 unspecified atom stereocenters. The highest BCUT2D eigenvalue weighted by molar-refractivity contribution is 5.95. The van der Waals surface area contributed by atoms with Gasteiger partial charge in [0.2, 0.25) is 12.2 Å². The van der Waals surface area contributed by atoms with E-state index in [1.165, 1.54) is 0 Å². The predicted molar refractivity (Wildman–Crippen MR) is 128 cm³/mol. The Balaban J connectivity index is 2.35. The number of pyridine rings is 1. The Morgan fingerprint density at radius 3 is 2.69 bits per heavy atom. The average molecular weight is 434 g/mol. The van der Waals surface area contributed by atoms with Crippen LogP contribution in [-0.4, -0.2) is 28.6 Å². The summed E-state index contributed by atoms with van der Waals surface area (Å²) in [4.78, 5) is 19.0. The van der Waals surface area contributed by atoms with Gasteiger partial charge in [-0.3, -0.25) is 9.78 Å². The number of nitriles is 1. The maximum atomic E-state index is 10.9. The van der Waals surface area contributed by atoms with E-state index >= 15 is 0 Å². The molecule has 1 heterocycles. The molecule has 0 amide bonds. The van der Waals surface area contributed by atoms with Gasteiger partial charge in [0, 0.05) is 36.6 Å². The largest absolute Gasteiger partial charge is 0.481 e. The summed E-state index contributed by atoms with van der Waals surface area (Å²) in [5, 5.41) is 24.5. The fraction of sp³-hybridized carbons (Fsp3) is 0.360. The first-order chi connectivity index (χ1) is 15.2. The summed E-state index contributed by atoms with van der Waals surface area (Å²) in [5.41, 5.74) is 4.77. The molecule has 0 saturated carbocycles. The highest BCUT2D eigenvalue weighted by Gasteiger charge is 2.13. The van der Waals surface area contributed by atoms with Crippen LogP contribution in [0, 0.1) is 23.8 Å². The van der Waals surface area contributed by atoms with Crippen LogP contribution in [0.25, 0.3) is 5.57 Å². The number of rotatable bonds is 8. The molecule has 0 bridgehead atoms. The van der Waals surface area contributed by atoms with E-state index < -0.39 is 5.97 Å². The molecule has 0 saturated heterocycles. The van der Waals surface area contributed by atoms with Crippen molar-refractivity contribution >= 4 is 23.2 Å². The normalized spacial score (nSPS) is 12.2. The van der Waals surface area contributed by atoms with E-state index in [2.05, 4.69) is 47.5 Å². The molecule has 2 aromatic rings. The lowest BCUT2D eigenvalue weighted by Gasteiger charge is -2.21. The van der Waals surface area contributed by atoms with Crippen molar-refractivity contribution in [2.24, 2.45) is 10.4 Å². The minimum Gasteiger partial charge on any atom is -0.481 e. The summed E-state index contributed by atoms with van der Waals surface area (Å²) < 4.78 is 0. The molecule has 0 spiro atoms. The Bertz CT molecular complexity index is 1010. The first kappa shape index (κ1) is 24.6. The second kappa shape index (κ2) is 11.7. The Hall–Kier alpha value is -3.66. The molecular formula is C25H31N5O2. The van der Waals surface area contributed by atoms with Gasteiger partial charge in [-0.1, -0.05) is 45.0 Å². The van der Waals surface area contributed by atoms with Crippen LogP contribution in [0.5, 0.6) is 0 Å². The molecule has 0 aliphatic rings. The van der Waals surface area contributed by atoms with Gasteiger partial charge in [-0.05, 0) is 54.0 Å². The summed E-state index contributed by atoms with van der Waals surface area (Å²) >= 11 is 0. The van der Waals surface area contributed by atoms with E-state index in [9.17, 15) is 4.79 Å². The van der Waals surface area contributed by atoms with Crippen LogP contribution < -0.4 is 10.6 Å². The van der Waals surface area contributed by atoms with Gasteiger partial charge in [-0.25, -0.2) is 0 Å². The lowest BCUT2D eigenvalue weighted by molar-refractivity contribution is -0.137. The van der Waals surface area contributed by atoms with Crippen LogP contribution in [0.1, 0.15) is 56.7 Å². The number of nitrogens with one attached hydrogen (secondary N) is 2. The molecule has 7 nitrogen and oxygen atoms in total. The summed E-state index contributed by atoms with van der Waals surface area (Å²) in [6.45, 7) is 8.95. The number of guanidine groups is 1. The zero-order chi connectivity index (χ0) is 23.6. The van der Waals surface area contributed by atoms with Crippen molar-refractivity contribution in [3.05, 3.63) is 65.5 Å². The van der Waals surface area contributed by atoms with E-state index in [1.54, 1.807) is 12.4 Å². The van der Waals surface area contributed by atoms with Crippen molar-refractivity contribution in [1.29, 1.82) is 5.26 Å². The third kappa shape index (κ3) is 8.23. The number of aromatic nitrogens is 1. The van der Waals surface area contributed by atoms with Crippen LogP contribution >= 0.6 is 0 Å². The number of aliphatic carboxylic acids is 1. The van der Waals surface area contributed by atoms with Gasteiger partial charge in [0.05, 0.1) is 0 Å². The van der Waals surface area contributed by atoms with Crippen LogP contribution in [0.4, 0.5) is 5.69 Å². The summed E-state index contributed by atoms with van der Waals surface area (Å²) in [7, 11) is 0. The van der Waals surface area contributed by atoms with Crippen molar-refractivity contribution in [3.63, 3.8) is 0 Å². The SMILES string of the molecule is Cc1ccc(/C(=C\CCCC(=O)O)c2cccnc2)cc1N/C(=N\C#N)NCC(C)(C)C. The molecule has 0 radical (unpaired) electrons. The molecule has 1 aromatic carbocycles. The number of nitrogens with zero attached hydrogens (tertiary/aromatic N) is 3. The molecule has 0 aliphatic heterocycles. The molecule has 168 valence electrons. The third-order valence-corrected chi connectivity index (χ3v) is 4.67. The number of carboxylic acid groups (broad SMARTS) is 1. The van der Waals surface area contributed by atoms with Crippen molar-refractivity contribution in [1.82, 2.24) is 10.3 Å². The van der Waals surface area contributed by atoms with Gasteiger partial charge in [0.1, 0.15) is 0 Å². The third-order valence-electron chi connectivity index (χ3n) is 4.67. The number of hydrogen-bond donors (Lipinski definition) is 3. The van der Waals surface area contributed by atoms with E-state index in [4.69, 9.17) is 10.4 Å². The van der Waals surface area contributed by atoms with E-state index in [1.807, 2.05) is 43.4 Å². The molecular weight excluding hydrogens is 402 g/mol. The summed E-state index contributed by atoms with van der Waals surface area (Å²) in [5.74, 6) is -0.397. The molecule has 1 aromatic heterocycles. The number of carbonyl (C=O) groups is 1. The van der Waals surface area contributed by atoms with Crippen molar-refractivity contribution in [3.8, 4) is 6.19 Å². The van der Waals surface area contributed by atoms with Crippen LogP contribution in [-0.2, 0) is 4.79 Å². The standard InChI is InChI=1S/C25H31N5O2/c1-18-11-12-19(14-22(18)30-24(29-17-26)28-16-25(2,3)4)21(9-5-6-10-23(31)32)20-8-7-13-27-15-20/h7-9,11-15H,5-6,10,16H2,1-4H3,(H,31,32)(H2,28,29,30)/b21-9+. The zero-order valence-electron chi connectivity index (χ0n) is 19.1. The molecule has 3 N–H and O–H groups in total. The topological polar surface area (TPSA) is 110 Å². The molecule has 7 heteroatoms. The smallest absolute Gasteiger partial charge is 0.303 e. The van der Waals surface area contributed by atoms with Gasteiger partial charge >= 0.3 is 5.97 Å². The number of unbranched alkanes of at least 4 members (excludes halogenated alkanes) is 1. The maximum Gasteiger partial charge on any atom is 0.303 e. The molecule has 0 aliphatic carbocycles. The number of carboxylic acids is 1. The number of benzene rings is 1. The summed E-state index contributed by atoms with van der Waals surface area (Å²) in [6.07, 6.45) is 8.75. The lowest BCUT2D eigenvalue weighted by Crippen LogP contribution is -2.36. The van der Waals surface area contributed by atoms with Gasteiger partial charge in [-0.15, -0.1) is 4.99 Å². The number of allylic oxidation sites excluding steroid dienone is 1. The Morgan fingerprint density at radius 2 is 2.06 bits per heavy atom. The van der Waals surface area contributed by atoms with E-state index in [0.717, 1.165) is 28.0 Å². The Labute approximate surface area is 189 Å². The fourth-order valence-corrected chi connectivity index (χ4v) is 2.99. The minimum absolute atomic E-state index is 0.0287. The van der Waals surface area contributed by atoms with Crippen LogP contribution in [0.3, 0.4) is 0 Å². The van der Waals surface area contributed by atoms with Gasteiger partial charge in [0.25, 0.3) is 0 Å².